The van der Waals surface area contributed by atoms with Gasteiger partial charge in [-0.05, 0) is 55.2 Å². The predicted octanol–water partition coefficient (Wildman–Crippen LogP) is 5.33. The van der Waals surface area contributed by atoms with E-state index in [0.717, 1.165) is 24.1 Å². The predicted molar refractivity (Wildman–Crippen MR) is 147 cm³/mol. The van der Waals surface area contributed by atoms with E-state index in [1.54, 1.807) is 13.0 Å². The molecule has 1 atom stereocenters. The van der Waals surface area contributed by atoms with Gasteiger partial charge in [0.15, 0.2) is 11.5 Å². The van der Waals surface area contributed by atoms with Gasteiger partial charge in [-0.1, -0.05) is 24.3 Å². The number of fused-ring (bicyclic) bond motifs is 4. The van der Waals surface area contributed by atoms with Gasteiger partial charge in [0.1, 0.15) is 22.9 Å². The van der Waals surface area contributed by atoms with Crippen LogP contribution >= 0.6 is 0 Å². The van der Waals surface area contributed by atoms with Gasteiger partial charge in [0.05, 0.1) is 18.5 Å². The highest BCUT2D eigenvalue weighted by Crippen LogP contribution is 2.47. The second-order valence-corrected chi connectivity index (χ2v) is 9.58. The van der Waals surface area contributed by atoms with Crippen LogP contribution in [-0.4, -0.2) is 35.6 Å². The molecule has 202 valence electrons. The van der Waals surface area contributed by atoms with Crippen molar-refractivity contribution in [2.45, 2.75) is 26.3 Å². The summed E-state index contributed by atoms with van der Waals surface area (Å²) >= 11 is 0. The quantitative estimate of drug-likeness (QED) is 0.272. The van der Waals surface area contributed by atoms with Crippen LogP contribution in [0.1, 0.15) is 29.7 Å². The van der Waals surface area contributed by atoms with Gasteiger partial charge in [-0.15, -0.1) is 0 Å². The topological polar surface area (TPSA) is 103 Å². The van der Waals surface area contributed by atoms with E-state index in [2.05, 4.69) is 29.3 Å². The zero-order valence-corrected chi connectivity index (χ0v) is 22.0. The lowest BCUT2D eigenvalue weighted by atomic mass is 9.93. The smallest absolute Gasteiger partial charge is 0.336 e. The summed E-state index contributed by atoms with van der Waals surface area (Å²) in [6, 6.07) is 13.9. The van der Waals surface area contributed by atoms with E-state index in [-0.39, 0.29) is 35.1 Å². The van der Waals surface area contributed by atoms with Crippen LogP contribution in [-0.2, 0) is 16.0 Å². The van der Waals surface area contributed by atoms with Crippen LogP contribution in [0, 0.1) is 12.7 Å². The normalized spacial score (nSPS) is 17.2. The summed E-state index contributed by atoms with van der Waals surface area (Å²) in [6.07, 6.45) is 2.77. The Morgan fingerprint density at radius 2 is 1.82 bits per heavy atom. The molecule has 0 radical (unpaired) electrons. The third-order valence-corrected chi connectivity index (χ3v) is 7.13. The van der Waals surface area contributed by atoms with Crippen LogP contribution < -0.4 is 24.4 Å². The Bertz CT molecular complexity index is 1720. The fraction of sp³-hybridized carbons (Fsp3) is 0.200. The third kappa shape index (κ3) is 4.47. The Hall–Kier alpha value is -4.99. The highest BCUT2D eigenvalue weighted by atomic mass is 19.1. The largest absolute Gasteiger partial charge is 0.494 e. The number of hydrogen-bond donors (Lipinski definition) is 1. The SMILES string of the molecule is COc1cc2c(c3c(N4CCc5ccccc5C4C)nc(Nc4ccc(F)cc4C)nc13)OC(=O)/C=C\C(=O)O2. The molecule has 10 heteroatoms. The lowest BCUT2D eigenvalue weighted by Gasteiger charge is -2.37. The molecule has 9 nitrogen and oxygen atoms in total. The number of nitrogens with zero attached hydrogens (tertiary/aromatic N) is 3. The Balaban J connectivity index is 1.61. The molecule has 2 aliphatic heterocycles. The number of aryl methyl sites for hydroxylation is 1. The summed E-state index contributed by atoms with van der Waals surface area (Å²) in [4.78, 5) is 36.6. The number of rotatable bonds is 4. The standard InChI is InChI=1S/C30H25FN4O5/c1-16-14-19(31)8-9-21(16)32-30-33-27-22(38-3)15-23-28(40-25(37)11-10-24(36)39-23)26(27)29(34-30)35-13-12-18-6-4-5-7-20(18)17(35)2/h4-11,14-15,17H,12-13H2,1-3H3,(H,32,33,34)/b11-10-. The van der Waals surface area contributed by atoms with Crippen LogP contribution in [0.2, 0.25) is 0 Å². The second kappa shape index (κ2) is 9.96. The summed E-state index contributed by atoms with van der Waals surface area (Å²) in [7, 11) is 1.47. The number of ether oxygens (including phenoxy) is 3. The maximum atomic E-state index is 13.8. The fourth-order valence-electron chi connectivity index (χ4n) is 5.17. The van der Waals surface area contributed by atoms with Crippen molar-refractivity contribution >= 4 is 40.3 Å². The molecule has 0 fully saturated rings. The average Bonchev–Trinajstić information content (AvgIpc) is 2.94. The van der Waals surface area contributed by atoms with E-state index >= 15 is 0 Å². The lowest BCUT2D eigenvalue weighted by Crippen LogP contribution is -2.35. The number of halogens is 1. The first-order valence-electron chi connectivity index (χ1n) is 12.7. The van der Waals surface area contributed by atoms with Crippen LogP contribution in [0.3, 0.4) is 0 Å². The molecule has 4 aromatic rings. The van der Waals surface area contributed by atoms with Crippen molar-refractivity contribution in [1.29, 1.82) is 0 Å². The average molecular weight is 541 g/mol. The number of hydrogen-bond acceptors (Lipinski definition) is 9. The molecule has 6 rings (SSSR count). The first-order valence-corrected chi connectivity index (χ1v) is 12.7. The number of nitrogens with one attached hydrogen (secondary N) is 1. The monoisotopic (exact) mass is 540 g/mol. The maximum absolute atomic E-state index is 13.8. The Morgan fingerprint density at radius 3 is 2.60 bits per heavy atom. The molecule has 0 aliphatic carbocycles. The highest BCUT2D eigenvalue weighted by molar-refractivity contribution is 6.05. The second-order valence-electron chi connectivity index (χ2n) is 9.58. The van der Waals surface area contributed by atoms with E-state index in [9.17, 15) is 14.0 Å². The number of methoxy groups -OCH3 is 1. The Labute approximate surface area is 229 Å². The van der Waals surface area contributed by atoms with Crippen LogP contribution in [0.15, 0.2) is 60.7 Å². The molecule has 3 aromatic carbocycles. The molecule has 2 aliphatic rings. The number of carbonyl (C=O) groups excluding carboxylic acids is 2. The lowest BCUT2D eigenvalue weighted by molar-refractivity contribution is -0.133. The minimum Gasteiger partial charge on any atom is -0.494 e. The van der Waals surface area contributed by atoms with E-state index in [4.69, 9.17) is 24.2 Å². The maximum Gasteiger partial charge on any atom is 0.336 e. The number of esters is 2. The molecular weight excluding hydrogens is 515 g/mol. The molecule has 0 spiro atoms. The summed E-state index contributed by atoms with van der Waals surface area (Å²) < 4.78 is 30.6. The first kappa shape index (κ1) is 25.3. The van der Waals surface area contributed by atoms with Gasteiger partial charge >= 0.3 is 11.9 Å². The van der Waals surface area contributed by atoms with Crippen molar-refractivity contribution in [3.8, 4) is 17.2 Å². The van der Waals surface area contributed by atoms with Gasteiger partial charge in [0, 0.05) is 30.5 Å². The van der Waals surface area contributed by atoms with Gasteiger partial charge in [0.25, 0.3) is 0 Å². The van der Waals surface area contributed by atoms with Crippen molar-refractivity contribution in [2.75, 3.05) is 23.9 Å². The summed E-state index contributed by atoms with van der Waals surface area (Å²) in [5, 5.41) is 3.56. The minimum absolute atomic E-state index is 0.0112. The molecule has 0 bridgehead atoms. The molecule has 0 amide bonds. The van der Waals surface area contributed by atoms with Crippen molar-refractivity contribution in [3.05, 3.63) is 83.2 Å². The molecule has 40 heavy (non-hydrogen) atoms. The van der Waals surface area contributed by atoms with Crippen molar-refractivity contribution in [1.82, 2.24) is 9.97 Å². The van der Waals surface area contributed by atoms with Crippen LogP contribution in [0.4, 0.5) is 21.8 Å². The third-order valence-electron chi connectivity index (χ3n) is 7.13. The van der Waals surface area contributed by atoms with Gasteiger partial charge in [-0.3, -0.25) is 0 Å². The zero-order valence-electron chi connectivity index (χ0n) is 22.0. The highest BCUT2D eigenvalue weighted by Gasteiger charge is 2.32. The molecule has 1 N–H and O–H groups in total. The number of anilines is 3. The molecule has 3 heterocycles. The van der Waals surface area contributed by atoms with Gasteiger partial charge < -0.3 is 24.4 Å². The molecule has 0 saturated carbocycles. The zero-order chi connectivity index (χ0) is 28.0. The van der Waals surface area contributed by atoms with E-state index in [0.29, 0.717) is 34.5 Å². The van der Waals surface area contributed by atoms with E-state index in [1.807, 2.05) is 12.1 Å². The minimum atomic E-state index is -0.739. The Morgan fingerprint density at radius 1 is 1.05 bits per heavy atom. The van der Waals surface area contributed by atoms with Gasteiger partial charge in [-0.25, -0.2) is 19.0 Å². The number of carbonyl (C=O) groups is 2. The van der Waals surface area contributed by atoms with Crippen LogP contribution in [0.5, 0.6) is 17.2 Å². The molecule has 1 aromatic heterocycles. The van der Waals surface area contributed by atoms with Gasteiger partial charge in [0.2, 0.25) is 5.95 Å². The fourth-order valence-corrected chi connectivity index (χ4v) is 5.17. The van der Waals surface area contributed by atoms with Gasteiger partial charge in [-0.2, -0.15) is 4.98 Å². The van der Waals surface area contributed by atoms with Crippen LogP contribution in [0.25, 0.3) is 10.9 Å². The summed E-state index contributed by atoms with van der Waals surface area (Å²) in [5.74, 6) is -0.817. The van der Waals surface area contributed by atoms with E-state index < -0.39 is 11.9 Å². The summed E-state index contributed by atoms with van der Waals surface area (Å²) in [5.41, 5.74) is 4.01. The molecular formula is C30H25FN4O5. The van der Waals surface area contributed by atoms with Crippen molar-refractivity contribution < 1.29 is 28.2 Å². The van der Waals surface area contributed by atoms with Crippen molar-refractivity contribution in [3.63, 3.8) is 0 Å². The van der Waals surface area contributed by atoms with E-state index in [1.165, 1.54) is 30.9 Å². The number of aromatic nitrogens is 2. The first-order chi connectivity index (χ1) is 19.3. The van der Waals surface area contributed by atoms with Crippen molar-refractivity contribution in [2.24, 2.45) is 0 Å². The molecule has 1 unspecified atom stereocenters. The molecule has 0 saturated heterocycles. The number of benzene rings is 3. The summed E-state index contributed by atoms with van der Waals surface area (Å²) in [6.45, 7) is 4.46. The Kier molecular flexibility index (Phi) is 6.30.